The van der Waals surface area contributed by atoms with Crippen molar-refractivity contribution in [2.45, 2.75) is 12.3 Å². The summed E-state index contributed by atoms with van der Waals surface area (Å²) in [5.74, 6) is -1.40. The van der Waals surface area contributed by atoms with Gasteiger partial charge in [-0.1, -0.05) is 6.07 Å². The van der Waals surface area contributed by atoms with Gasteiger partial charge in [0.25, 0.3) is 0 Å². The van der Waals surface area contributed by atoms with E-state index < -0.39 is 11.2 Å². The van der Waals surface area contributed by atoms with Crippen LogP contribution >= 0.6 is 11.6 Å². The van der Waals surface area contributed by atoms with E-state index in [-0.39, 0.29) is 5.56 Å². The highest BCUT2D eigenvalue weighted by atomic mass is 35.5. The van der Waals surface area contributed by atoms with Crippen molar-refractivity contribution in [1.82, 2.24) is 4.98 Å². The number of halogens is 3. The van der Waals surface area contributed by atoms with E-state index in [0.29, 0.717) is 10.9 Å². The lowest BCUT2D eigenvalue weighted by atomic mass is 10.1. The van der Waals surface area contributed by atoms with Gasteiger partial charge in [0.1, 0.15) is 0 Å². The molecule has 0 amide bonds. The Morgan fingerprint density at radius 1 is 1.29 bits per heavy atom. The highest BCUT2D eigenvalue weighted by molar-refractivity contribution is 6.35. The summed E-state index contributed by atoms with van der Waals surface area (Å²) in [6.07, 6.45) is 0. The average Bonchev–Trinajstić information content (AvgIpc) is 2.26. The van der Waals surface area contributed by atoms with Crippen LogP contribution in [0.2, 0.25) is 0 Å². The van der Waals surface area contributed by atoms with Crippen molar-refractivity contribution in [2.75, 3.05) is 0 Å². The van der Waals surface area contributed by atoms with E-state index in [1.807, 2.05) is 6.92 Å². The van der Waals surface area contributed by atoms with Gasteiger partial charge in [-0.3, -0.25) is 9.78 Å². The predicted octanol–water partition coefficient (Wildman–Crippen LogP) is 3.56. The zero-order valence-electron chi connectivity index (χ0n) is 8.88. The van der Waals surface area contributed by atoms with Crippen LogP contribution in [0.5, 0.6) is 0 Å². The summed E-state index contributed by atoms with van der Waals surface area (Å²) in [5, 5.41) is -3.24. The van der Waals surface area contributed by atoms with Gasteiger partial charge < -0.3 is 0 Å². The van der Waals surface area contributed by atoms with E-state index >= 15 is 0 Å². The number of ketones is 1. The summed E-state index contributed by atoms with van der Waals surface area (Å²) in [5.41, 5.74) is 1.35. The third kappa shape index (κ3) is 2.42. The topological polar surface area (TPSA) is 30.0 Å². The molecule has 0 saturated heterocycles. The average molecular weight is 256 g/mol. The molecule has 2 aromatic rings. The number of alkyl halides is 3. The molecule has 0 fully saturated rings. The van der Waals surface area contributed by atoms with Crippen LogP contribution in [0.4, 0.5) is 8.78 Å². The molecule has 0 unspecified atom stereocenters. The zero-order chi connectivity index (χ0) is 12.6. The van der Waals surface area contributed by atoms with Gasteiger partial charge in [-0.15, -0.1) is 0 Å². The van der Waals surface area contributed by atoms with Gasteiger partial charge in [0.15, 0.2) is 0 Å². The number of hydrogen-bond donors (Lipinski definition) is 0. The Balaban J connectivity index is 2.52. The third-order valence-electron chi connectivity index (χ3n) is 2.35. The first-order valence-corrected chi connectivity index (χ1v) is 5.24. The lowest BCUT2D eigenvalue weighted by molar-refractivity contribution is 0.0536. The predicted molar refractivity (Wildman–Crippen MR) is 61.6 cm³/mol. The molecule has 17 heavy (non-hydrogen) atoms. The Bertz CT molecular complexity index is 593. The van der Waals surface area contributed by atoms with Gasteiger partial charge in [0.2, 0.25) is 5.78 Å². The van der Waals surface area contributed by atoms with Crippen LogP contribution in [-0.2, 0) is 0 Å². The van der Waals surface area contributed by atoms with Crippen LogP contribution in [0.3, 0.4) is 0 Å². The SMILES string of the molecule is Cc1ccc2cc(C(=O)C(F)(F)Cl)ccc2n1. The molecule has 1 aromatic heterocycles. The number of fused-ring (bicyclic) bond motifs is 1. The summed E-state index contributed by atoms with van der Waals surface area (Å²) >= 11 is 4.70. The lowest BCUT2D eigenvalue weighted by Crippen LogP contribution is -2.21. The maximum atomic E-state index is 12.7. The van der Waals surface area contributed by atoms with Gasteiger partial charge in [-0.05, 0) is 42.8 Å². The molecule has 1 aromatic carbocycles. The second-order valence-electron chi connectivity index (χ2n) is 3.69. The number of carbonyl (C=O) groups is 1. The van der Waals surface area contributed by atoms with Gasteiger partial charge in [-0.2, -0.15) is 8.78 Å². The second kappa shape index (κ2) is 4.04. The minimum absolute atomic E-state index is 0.122. The van der Waals surface area contributed by atoms with Crippen molar-refractivity contribution in [2.24, 2.45) is 0 Å². The summed E-state index contributed by atoms with van der Waals surface area (Å²) < 4.78 is 25.3. The lowest BCUT2D eigenvalue weighted by Gasteiger charge is -2.07. The molecule has 0 saturated carbocycles. The number of aryl methyl sites for hydroxylation is 1. The van der Waals surface area contributed by atoms with Crippen LogP contribution in [0.25, 0.3) is 10.9 Å². The second-order valence-corrected chi connectivity index (χ2v) is 4.16. The minimum Gasteiger partial charge on any atom is -0.286 e. The quantitative estimate of drug-likeness (QED) is 0.607. The Morgan fingerprint density at radius 3 is 2.65 bits per heavy atom. The number of benzene rings is 1. The molecule has 1 heterocycles. The molecule has 0 atom stereocenters. The molecule has 0 N–H and O–H groups in total. The maximum Gasteiger partial charge on any atom is 0.384 e. The number of hydrogen-bond acceptors (Lipinski definition) is 2. The fraction of sp³-hybridized carbons (Fsp3) is 0.167. The van der Waals surface area contributed by atoms with E-state index in [1.165, 1.54) is 18.2 Å². The monoisotopic (exact) mass is 255 g/mol. The number of aromatic nitrogens is 1. The van der Waals surface area contributed by atoms with Crippen LogP contribution in [-0.4, -0.2) is 16.1 Å². The molecule has 0 aliphatic rings. The smallest absolute Gasteiger partial charge is 0.286 e. The molecule has 0 radical (unpaired) electrons. The van der Waals surface area contributed by atoms with E-state index in [0.717, 1.165) is 5.69 Å². The highest BCUT2D eigenvalue weighted by Crippen LogP contribution is 2.26. The number of nitrogens with zero attached hydrogens (tertiary/aromatic N) is 1. The zero-order valence-corrected chi connectivity index (χ0v) is 9.63. The normalized spacial score (nSPS) is 11.8. The number of pyridine rings is 1. The molecule has 2 nitrogen and oxygen atoms in total. The molecule has 0 aliphatic heterocycles. The standard InChI is InChI=1S/C12H8ClF2NO/c1-7-2-3-8-6-9(4-5-10(8)16-7)11(17)12(13,14)15/h2-6H,1H3. The summed E-state index contributed by atoms with van der Waals surface area (Å²) in [6, 6.07) is 7.65. The summed E-state index contributed by atoms with van der Waals surface area (Å²) in [7, 11) is 0. The van der Waals surface area contributed by atoms with E-state index in [1.54, 1.807) is 12.1 Å². The van der Waals surface area contributed by atoms with E-state index in [4.69, 9.17) is 11.6 Å². The Kier molecular flexibility index (Phi) is 2.83. The number of Topliss-reactive ketones (excluding diaryl/α,β-unsaturated/α-hetero) is 1. The molecule has 0 spiro atoms. The van der Waals surface area contributed by atoms with Crippen LogP contribution < -0.4 is 0 Å². The van der Waals surface area contributed by atoms with Gasteiger partial charge in [0, 0.05) is 16.6 Å². The Labute approximate surface area is 101 Å². The van der Waals surface area contributed by atoms with Crippen molar-refractivity contribution < 1.29 is 13.6 Å². The Hall–Kier alpha value is -1.55. The summed E-state index contributed by atoms with van der Waals surface area (Å²) in [4.78, 5) is 15.5. The Morgan fingerprint density at radius 2 is 2.00 bits per heavy atom. The fourth-order valence-corrected chi connectivity index (χ4v) is 1.64. The van der Waals surface area contributed by atoms with Crippen molar-refractivity contribution >= 4 is 28.3 Å². The van der Waals surface area contributed by atoms with Crippen LogP contribution in [0, 0.1) is 6.92 Å². The molecule has 2 rings (SSSR count). The van der Waals surface area contributed by atoms with Crippen molar-refractivity contribution in [3.05, 3.63) is 41.6 Å². The highest BCUT2D eigenvalue weighted by Gasteiger charge is 2.36. The number of rotatable bonds is 2. The van der Waals surface area contributed by atoms with Crippen molar-refractivity contribution in [3.8, 4) is 0 Å². The van der Waals surface area contributed by atoms with Crippen molar-refractivity contribution in [3.63, 3.8) is 0 Å². The first-order chi connectivity index (χ1) is 7.88. The summed E-state index contributed by atoms with van der Waals surface area (Å²) in [6.45, 7) is 1.82. The van der Waals surface area contributed by atoms with Crippen LogP contribution in [0.15, 0.2) is 30.3 Å². The molecular weight excluding hydrogens is 248 g/mol. The molecular formula is C12H8ClF2NO. The largest absolute Gasteiger partial charge is 0.384 e. The van der Waals surface area contributed by atoms with Crippen LogP contribution in [0.1, 0.15) is 16.1 Å². The van der Waals surface area contributed by atoms with Gasteiger partial charge >= 0.3 is 5.38 Å². The van der Waals surface area contributed by atoms with E-state index in [2.05, 4.69) is 4.98 Å². The molecule has 88 valence electrons. The van der Waals surface area contributed by atoms with Gasteiger partial charge in [-0.25, -0.2) is 0 Å². The number of carbonyl (C=O) groups excluding carboxylic acids is 1. The minimum atomic E-state index is -3.87. The third-order valence-corrected chi connectivity index (χ3v) is 2.52. The first-order valence-electron chi connectivity index (χ1n) is 4.87. The molecule has 5 heteroatoms. The van der Waals surface area contributed by atoms with Crippen molar-refractivity contribution in [1.29, 1.82) is 0 Å². The van der Waals surface area contributed by atoms with E-state index in [9.17, 15) is 13.6 Å². The fourth-order valence-electron chi connectivity index (χ4n) is 1.53. The first kappa shape index (κ1) is 11.9. The van der Waals surface area contributed by atoms with Gasteiger partial charge in [0.05, 0.1) is 5.52 Å². The molecule has 0 aliphatic carbocycles. The maximum absolute atomic E-state index is 12.7. The molecule has 0 bridgehead atoms.